The zero-order valence-corrected chi connectivity index (χ0v) is 17.6. The lowest BCUT2D eigenvalue weighted by Crippen LogP contribution is -2.52. The molecule has 6 heteroatoms. The first kappa shape index (κ1) is 22.8. The number of alkyl carbamates (subject to hydrolysis) is 1. The Morgan fingerprint density at radius 3 is 2.15 bits per heavy atom. The number of ether oxygens (including phenoxy) is 2. The van der Waals surface area contributed by atoms with Gasteiger partial charge in [-0.25, -0.2) is 4.79 Å². The van der Waals surface area contributed by atoms with Crippen molar-refractivity contribution in [1.82, 2.24) is 10.6 Å². The van der Waals surface area contributed by atoms with Crippen LogP contribution in [0.2, 0.25) is 0 Å². The van der Waals surface area contributed by atoms with Crippen LogP contribution >= 0.6 is 0 Å². The second-order valence-electron chi connectivity index (χ2n) is 8.61. The molecule has 0 spiro atoms. The predicted octanol–water partition coefficient (Wildman–Crippen LogP) is 4.00. The van der Waals surface area contributed by atoms with E-state index in [-0.39, 0.29) is 18.9 Å². The summed E-state index contributed by atoms with van der Waals surface area (Å²) >= 11 is 0. The summed E-state index contributed by atoms with van der Waals surface area (Å²) in [6, 6.07) is 7.90. The highest BCUT2D eigenvalue weighted by Crippen LogP contribution is 2.18. The van der Waals surface area contributed by atoms with Crippen LogP contribution in [0.15, 0.2) is 24.3 Å². The summed E-state index contributed by atoms with van der Waals surface area (Å²) in [6.07, 6.45) is -0.264. The van der Waals surface area contributed by atoms with Crippen molar-refractivity contribution < 1.29 is 19.1 Å². The highest BCUT2D eigenvalue weighted by atomic mass is 16.6. The fourth-order valence-electron chi connectivity index (χ4n) is 2.30. The summed E-state index contributed by atoms with van der Waals surface area (Å²) in [5.74, 6) is 1.09. The van der Waals surface area contributed by atoms with E-state index >= 15 is 0 Å². The largest absolute Gasteiger partial charge is 0.493 e. The Morgan fingerprint density at radius 2 is 1.63 bits per heavy atom. The van der Waals surface area contributed by atoms with E-state index in [1.54, 1.807) is 20.8 Å². The minimum absolute atomic E-state index is 0.134. The number of carbonyl (C=O) groups excluding carboxylic acids is 2. The van der Waals surface area contributed by atoms with Crippen molar-refractivity contribution in [3.05, 3.63) is 29.8 Å². The van der Waals surface area contributed by atoms with Gasteiger partial charge in [-0.1, -0.05) is 26.0 Å². The molecule has 2 amide bonds. The normalized spacial score (nSPS) is 11.9. The van der Waals surface area contributed by atoms with Crippen LogP contribution in [0.5, 0.6) is 5.75 Å². The Hall–Kier alpha value is -2.24. The van der Waals surface area contributed by atoms with Gasteiger partial charge in [0.05, 0.1) is 18.6 Å². The molecule has 0 bridgehead atoms. The molecule has 0 aliphatic rings. The van der Waals surface area contributed by atoms with E-state index in [1.165, 1.54) is 5.56 Å². The molecule has 0 radical (unpaired) electrons. The summed E-state index contributed by atoms with van der Waals surface area (Å²) in [6.45, 7) is 13.9. The monoisotopic (exact) mass is 378 g/mol. The average molecular weight is 379 g/mol. The number of rotatable bonds is 8. The zero-order chi connectivity index (χ0) is 20.7. The van der Waals surface area contributed by atoms with Crippen LogP contribution < -0.4 is 15.4 Å². The second kappa shape index (κ2) is 9.62. The van der Waals surface area contributed by atoms with Gasteiger partial charge in [-0.2, -0.15) is 0 Å². The lowest BCUT2D eigenvalue weighted by Gasteiger charge is -2.27. The fourth-order valence-corrected chi connectivity index (χ4v) is 2.30. The predicted molar refractivity (Wildman–Crippen MR) is 107 cm³/mol. The van der Waals surface area contributed by atoms with Gasteiger partial charge in [-0.15, -0.1) is 0 Å². The zero-order valence-electron chi connectivity index (χ0n) is 17.6. The molecule has 6 nitrogen and oxygen atoms in total. The number of hydrogen-bond donors (Lipinski definition) is 2. The second-order valence-corrected chi connectivity index (χ2v) is 8.61. The molecular formula is C21H34N2O4. The molecule has 152 valence electrons. The standard InChI is InChI=1S/C21H34N2O4/c1-15(2)16-8-10-17(11-9-16)26-13-12-18(24)23-21(6,7)14-22-19(25)27-20(3,4)5/h8-11,15H,12-14H2,1-7H3,(H,22,25)(H,23,24). The molecule has 1 aromatic rings. The maximum atomic E-state index is 12.1. The van der Waals surface area contributed by atoms with Crippen LogP contribution in [0, 0.1) is 0 Å². The Kier molecular flexibility index (Phi) is 8.13. The van der Waals surface area contributed by atoms with Crippen molar-refractivity contribution in [3.8, 4) is 5.75 Å². The maximum absolute atomic E-state index is 12.1. The van der Waals surface area contributed by atoms with Crippen LogP contribution in [-0.2, 0) is 9.53 Å². The van der Waals surface area contributed by atoms with Crippen molar-refractivity contribution in [1.29, 1.82) is 0 Å². The van der Waals surface area contributed by atoms with E-state index in [9.17, 15) is 9.59 Å². The summed E-state index contributed by atoms with van der Waals surface area (Å²) in [5, 5.41) is 5.57. The highest BCUT2D eigenvalue weighted by Gasteiger charge is 2.23. The summed E-state index contributed by atoms with van der Waals surface area (Å²) < 4.78 is 10.8. The lowest BCUT2D eigenvalue weighted by atomic mass is 10.0. The molecular weight excluding hydrogens is 344 g/mol. The average Bonchev–Trinajstić information content (AvgIpc) is 2.51. The van der Waals surface area contributed by atoms with Crippen LogP contribution in [0.1, 0.15) is 66.4 Å². The van der Waals surface area contributed by atoms with Crippen LogP contribution in [0.25, 0.3) is 0 Å². The van der Waals surface area contributed by atoms with Gasteiger partial charge in [-0.05, 0) is 58.2 Å². The van der Waals surface area contributed by atoms with Gasteiger partial charge in [0, 0.05) is 6.54 Å². The minimum Gasteiger partial charge on any atom is -0.493 e. The minimum atomic E-state index is -0.590. The number of benzene rings is 1. The maximum Gasteiger partial charge on any atom is 0.407 e. The molecule has 0 heterocycles. The smallest absolute Gasteiger partial charge is 0.407 e. The van der Waals surface area contributed by atoms with Gasteiger partial charge in [0.25, 0.3) is 0 Å². The third-order valence-corrected chi connectivity index (χ3v) is 3.70. The van der Waals surface area contributed by atoms with Gasteiger partial charge in [0.15, 0.2) is 0 Å². The first-order valence-corrected chi connectivity index (χ1v) is 9.38. The van der Waals surface area contributed by atoms with Crippen molar-refractivity contribution >= 4 is 12.0 Å². The fraction of sp³-hybridized carbons (Fsp3) is 0.619. The Balaban J connectivity index is 2.34. The van der Waals surface area contributed by atoms with Gasteiger partial charge >= 0.3 is 6.09 Å². The van der Waals surface area contributed by atoms with Gasteiger partial charge in [0.1, 0.15) is 11.4 Å². The Labute approximate surface area is 163 Å². The van der Waals surface area contributed by atoms with Crippen molar-refractivity contribution in [2.45, 2.75) is 71.9 Å². The molecule has 2 N–H and O–H groups in total. The third-order valence-electron chi connectivity index (χ3n) is 3.70. The molecule has 0 fully saturated rings. The first-order chi connectivity index (χ1) is 12.4. The molecule has 0 aliphatic heterocycles. The van der Waals surface area contributed by atoms with Gasteiger partial charge in [-0.3, -0.25) is 4.79 Å². The highest BCUT2D eigenvalue weighted by molar-refractivity contribution is 5.77. The summed E-state index contributed by atoms with van der Waals surface area (Å²) in [7, 11) is 0. The molecule has 1 aromatic carbocycles. The SMILES string of the molecule is CC(C)c1ccc(OCCC(=O)NC(C)(C)CNC(=O)OC(C)(C)C)cc1. The summed E-state index contributed by atoms with van der Waals surface area (Å²) in [5.41, 5.74) is 0.106. The lowest BCUT2D eigenvalue weighted by molar-refractivity contribution is -0.123. The van der Waals surface area contributed by atoms with E-state index in [0.29, 0.717) is 12.5 Å². The number of hydrogen-bond acceptors (Lipinski definition) is 4. The van der Waals surface area contributed by atoms with Crippen molar-refractivity contribution in [2.75, 3.05) is 13.2 Å². The summed E-state index contributed by atoms with van der Waals surface area (Å²) in [4.78, 5) is 23.9. The molecule has 0 unspecified atom stereocenters. The topological polar surface area (TPSA) is 76.7 Å². The van der Waals surface area contributed by atoms with E-state index in [4.69, 9.17) is 9.47 Å². The molecule has 1 rings (SSSR count). The van der Waals surface area contributed by atoms with E-state index in [1.807, 2.05) is 38.1 Å². The quantitative estimate of drug-likeness (QED) is 0.717. The Bertz CT molecular complexity index is 616. The molecule has 0 atom stereocenters. The van der Waals surface area contributed by atoms with E-state index in [0.717, 1.165) is 5.75 Å². The third kappa shape index (κ3) is 9.87. The van der Waals surface area contributed by atoms with Crippen molar-refractivity contribution in [3.63, 3.8) is 0 Å². The molecule has 0 aliphatic carbocycles. The molecule has 0 aromatic heterocycles. The Morgan fingerprint density at radius 1 is 1.04 bits per heavy atom. The number of nitrogens with one attached hydrogen (secondary N) is 2. The first-order valence-electron chi connectivity index (χ1n) is 9.38. The van der Waals surface area contributed by atoms with Crippen LogP contribution in [0.4, 0.5) is 4.79 Å². The molecule has 27 heavy (non-hydrogen) atoms. The van der Waals surface area contributed by atoms with Crippen LogP contribution in [0.3, 0.4) is 0 Å². The number of amides is 2. The van der Waals surface area contributed by atoms with Gasteiger partial charge < -0.3 is 20.1 Å². The van der Waals surface area contributed by atoms with E-state index in [2.05, 4.69) is 24.5 Å². The molecule has 0 saturated carbocycles. The van der Waals surface area contributed by atoms with Crippen LogP contribution in [-0.4, -0.2) is 36.3 Å². The van der Waals surface area contributed by atoms with E-state index < -0.39 is 17.2 Å². The number of carbonyl (C=O) groups is 2. The molecule has 0 saturated heterocycles. The van der Waals surface area contributed by atoms with Crippen molar-refractivity contribution in [2.24, 2.45) is 0 Å². The van der Waals surface area contributed by atoms with Gasteiger partial charge in [0.2, 0.25) is 5.91 Å².